The molecule has 132 valence electrons. The van der Waals surface area contributed by atoms with Gasteiger partial charge in [-0.25, -0.2) is 9.59 Å². The first-order valence-corrected chi connectivity index (χ1v) is 7.89. The summed E-state index contributed by atoms with van der Waals surface area (Å²) in [5, 5.41) is 18.2. The van der Waals surface area contributed by atoms with E-state index in [2.05, 4.69) is 13.8 Å². The summed E-state index contributed by atoms with van der Waals surface area (Å²) in [6.45, 7) is 7.85. The number of carbonyl (C=O) groups excluding carboxylic acids is 1. The molecule has 0 unspecified atom stereocenters. The van der Waals surface area contributed by atoms with Crippen LogP contribution in [0.15, 0.2) is 18.2 Å². The van der Waals surface area contributed by atoms with Crippen LogP contribution < -0.4 is 0 Å². The molecule has 1 aromatic carbocycles. The summed E-state index contributed by atoms with van der Waals surface area (Å²) in [6.07, 6.45) is 1.85. The second kappa shape index (κ2) is 8.06. The van der Waals surface area contributed by atoms with Crippen molar-refractivity contribution in [3.63, 3.8) is 0 Å². The average Bonchev–Trinajstić information content (AvgIpc) is 2.52. The van der Waals surface area contributed by atoms with Gasteiger partial charge in [-0.3, -0.25) is 4.79 Å². The largest absolute Gasteiger partial charge is 0.478 e. The molecule has 0 radical (unpaired) electrons. The molecular weight excluding hydrogens is 312 g/mol. The highest BCUT2D eigenvalue weighted by atomic mass is 16.5. The Balaban J connectivity index is 2.99. The van der Waals surface area contributed by atoms with Gasteiger partial charge in [0.05, 0.1) is 11.1 Å². The summed E-state index contributed by atoms with van der Waals surface area (Å²) in [6, 6.07) is 3.54. The molecule has 6 heteroatoms. The number of carbonyl (C=O) groups is 3. The molecule has 0 fully saturated rings. The summed E-state index contributed by atoms with van der Waals surface area (Å²) in [7, 11) is 0. The minimum atomic E-state index is -1.39. The number of Topliss-reactive ketones (excluding diaryl/α,β-unsaturated/α-hetero) is 1. The van der Waals surface area contributed by atoms with Crippen LogP contribution in [0.4, 0.5) is 0 Å². The Morgan fingerprint density at radius 3 is 2.21 bits per heavy atom. The van der Waals surface area contributed by atoms with Crippen molar-refractivity contribution in [3.8, 4) is 0 Å². The molecule has 0 saturated heterocycles. The number of carboxylic acid groups (broad SMARTS) is 2. The molecule has 0 amide bonds. The predicted octanol–water partition coefficient (Wildman–Crippen LogP) is 3.50. The SMILES string of the molecule is CC[C@@H](C)CCOC(C)(C)C(=O)c1ccc(C(=O)O)c(C(=O)O)c1. The van der Waals surface area contributed by atoms with Gasteiger partial charge < -0.3 is 14.9 Å². The molecular formula is C18H24O6. The number of hydrogen-bond acceptors (Lipinski definition) is 4. The Morgan fingerprint density at radius 2 is 1.71 bits per heavy atom. The minimum absolute atomic E-state index is 0.117. The number of ether oxygens (including phenoxy) is 1. The van der Waals surface area contributed by atoms with Gasteiger partial charge in [0, 0.05) is 12.2 Å². The third-order valence-corrected chi connectivity index (χ3v) is 4.06. The Morgan fingerprint density at radius 1 is 1.12 bits per heavy atom. The zero-order chi connectivity index (χ0) is 18.5. The maximum absolute atomic E-state index is 12.6. The summed E-state index contributed by atoms with van der Waals surface area (Å²) in [4.78, 5) is 34.9. The Hall–Kier alpha value is -2.21. The summed E-state index contributed by atoms with van der Waals surface area (Å²) in [5.41, 5.74) is -1.77. The van der Waals surface area contributed by atoms with Gasteiger partial charge in [-0.15, -0.1) is 0 Å². The number of carboxylic acids is 2. The molecule has 24 heavy (non-hydrogen) atoms. The first kappa shape index (κ1) is 19.8. The molecule has 0 spiro atoms. The quantitative estimate of drug-likeness (QED) is 0.669. The smallest absolute Gasteiger partial charge is 0.336 e. The first-order valence-electron chi connectivity index (χ1n) is 7.89. The third kappa shape index (κ3) is 4.89. The molecule has 2 N–H and O–H groups in total. The van der Waals surface area contributed by atoms with Gasteiger partial charge in [0.15, 0.2) is 5.78 Å². The monoisotopic (exact) mass is 336 g/mol. The van der Waals surface area contributed by atoms with Crippen LogP contribution in [0.5, 0.6) is 0 Å². The molecule has 0 aliphatic carbocycles. The zero-order valence-corrected chi connectivity index (χ0v) is 14.5. The lowest BCUT2D eigenvalue weighted by Crippen LogP contribution is -2.36. The predicted molar refractivity (Wildman–Crippen MR) is 88.8 cm³/mol. The zero-order valence-electron chi connectivity index (χ0n) is 14.5. The molecule has 1 atom stereocenters. The van der Waals surface area contributed by atoms with E-state index >= 15 is 0 Å². The highest BCUT2D eigenvalue weighted by Crippen LogP contribution is 2.21. The molecule has 0 aromatic heterocycles. The van der Waals surface area contributed by atoms with Crippen molar-refractivity contribution >= 4 is 17.7 Å². The molecule has 0 saturated carbocycles. The van der Waals surface area contributed by atoms with Gasteiger partial charge in [0.1, 0.15) is 5.60 Å². The van der Waals surface area contributed by atoms with Gasteiger partial charge in [0.25, 0.3) is 0 Å². The standard InChI is InChI=1S/C18H24O6/c1-5-11(2)8-9-24-18(3,4)15(19)12-6-7-13(16(20)21)14(10-12)17(22)23/h6-7,10-11H,5,8-9H2,1-4H3,(H,20,21)(H,22,23)/t11-/m1/s1. The van der Waals surface area contributed by atoms with E-state index in [1.165, 1.54) is 6.07 Å². The van der Waals surface area contributed by atoms with Crippen LogP contribution in [0.3, 0.4) is 0 Å². The maximum Gasteiger partial charge on any atom is 0.336 e. The van der Waals surface area contributed by atoms with E-state index in [-0.39, 0.29) is 16.9 Å². The van der Waals surface area contributed by atoms with Crippen molar-refractivity contribution in [1.29, 1.82) is 0 Å². The fraction of sp³-hybridized carbons (Fsp3) is 0.500. The van der Waals surface area contributed by atoms with E-state index < -0.39 is 23.1 Å². The van der Waals surface area contributed by atoms with Crippen LogP contribution in [-0.4, -0.2) is 40.1 Å². The van der Waals surface area contributed by atoms with Gasteiger partial charge in [-0.2, -0.15) is 0 Å². The third-order valence-electron chi connectivity index (χ3n) is 4.06. The van der Waals surface area contributed by atoms with E-state index in [1.54, 1.807) is 13.8 Å². The van der Waals surface area contributed by atoms with Gasteiger partial charge in [0.2, 0.25) is 0 Å². The fourth-order valence-electron chi connectivity index (χ4n) is 2.18. The first-order chi connectivity index (χ1) is 11.1. The Bertz CT molecular complexity index is 632. The minimum Gasteiger partial charge on any atom is -0.478 e. The molecule has 6 nitrogen and oxygen atoms in total. The normalized spacial score (nSPS) is 12.7. The molecule has 1 aromatic rings. The second-order valence-electron chi connectivity index (χ2n) is 6.36. The maximum atomic E-state index is 12.6. The number of aromatic carboxylic acids is 2. The molecule has 0 aliphatic heterocycles. The van der Waals surface area contributed by atoms with Crippen LogP contribution in [0, 0.1) is 5.92 Å². The van der Waals surface area contributed by atoms with Crippen LogP contribution in [-0.2, 0) is 4.74 Å². The number of benzene rings is 1. The highest BCUT2D eigenvalue weighted by molar-refractivity contribution is 6.07. The highest BCUT2D eigenvalue weighted by Gasteiger charge is 2.31. The van der Waals surface area contributed by atoms with Crippen LogP contribution in [0.25, 0.3) is 0 Å². The average molecular weight is 336 g/mol. The molecule has 0 bridgehead atoms. The van der Waals surface area contributed by atoms with Crippen molar-refractivity contribution < 1.29 is 29.3 Å². The van der Waals surface area contributed by atoms with Crippen LogP contribution >= 0.6 is 0 Å². The Kier molecular flexibility index (Phi) is 6.66. The van der Waals surface area contributed by atoms with E-state index in [9.17, 15) is 14.4 Å². The number of ketones is 1. The lowest BCUT2D eigenvalue weighted by molar-refractivity contribution is -0.00878. The number of hydrogen-bond donors (Lipinski definition) is 2. The van der Waals surface area contributed by atoms with E-state index in [0.29, 0.717) is 12.5 Å². The molecule has 1 rings (SSSR count). The van der Waals surface area contributed by atoms with Crippen molar-refractivity contribution in [2.45, 2.75) is 46.1 Å². The van der Waals surface area contributed by atoms with Gasteiger partial charge in [-0.05, 0) is 38.3 Å². The van der Waals surface area contributed by atoms with Gasteiger partial charge in [-0.1, -0.05) is 26.3 Å². The van der Waals surface area contributed by atoms with Gasteiger partial charge >= 0.3 is 11.9 Å². The summed E-state index contributed by atoms with van der Waals surface area (Å²) < 4.78 is 5.68. The van der Waals surface area contributed by atoms with E-state index in [4.69, 9.17) is 14.9 Å². The van der Waals surface area contributed by atoms with Crippen molar-refractivity contribution in [1.82, 2.24) is 0 Å². The van der Waals surface area contributed by atoms with Crippen molar-refractivity contribution in [2.75, 3.05) is 6.61 Å². The Labute approximate surface area is 141 Å². The van der Waals surface area contributed by atoms with Crippen LogP contribution in [0.2, 0.25) is 0 Å². The van der Waals surface area contributed by atoms with E-state index in [0.717, 1.165) is 25.0 Å². The topological polar surface area (TPSA) is 101 Å². The van der Waals surface area contributed by atoms with Crippen molar-refractivity contribution in [3.05, 3.63) is 34.9 Å². The summed E-state index contributed by atoms with van der Waals surface area (Å²) in [5.74, 6) is -2.64. The van der Waals surface area contributed by atoms with Crippen molar-refractivity contribution in [2.24, 2.45) is 5.92 Å². The second-order valence-corrected chi connectivity index (χ2v) is 6.36. The lowest BCUT2D eigenvalue weighted by atomic mass is 9.93. The fourth-order valence-corrected chi connectivity index (χ4v) is 2.18. The van der Waals surface area contributed by atoms with E-state index in [1.807, 2.05) is 0 Å². The molecule has 0 aliphatic rings. The lowest BCUT2D eigenvalue weighted by Gasteiger charge is -2.25. The number of rotatable bonds is 9. The summed E-state index contributed by atoms with van der Waals surface area (Å²) >= 11 is 0. The van der Waals surface area contributed by atoms with Crippen LogP contribution in [0.1, 0.15) is 71.6 Å². The molecule has 0 heterocycles.